The standard InChI is InChI=1S/C19H20Br2N2O5S2/c1-10(18(27)28)22-15(24)5-3-2-4-6-23-17(26)14(30-19(23)29)8-11-7-12(20)9-13(21)16(11)25/h7-10,25H,2-6H2,1H3,(H,22,24)(H,27,28)/b14-8-. The Labute approximate surface area is 200 Å². The molecule has 7 nitrogen and oxygen atoms in total. The van der Waals surface area contributed by atoms with Crippen LogP contribution in [0.25, 0.3) is 6.08 Å². The van der Waals surface area contributed by atoms with Crippen LogP contribution < -0.4 is 5.32 Å². The van der Waals surface area contributed by atoms with Gasteiger partial charge in [0.05, 0.1) is 9.38 Å². The Hall–Kier alpha value is -1.43. The van der Waals surface area contributed by atoms with Gasteiger partial charge in [0, 0.05) is 23.0 Å². The minimum Gasteiger partial charge on any atom is -0.506 e. The number of carboxylic acids is 1. The van der Waals surface area contributed by atoms with Crippen LogP contribution >= 0.6 is 55.8 Å². The van der Waals surface area contributed by atoms with Crippen LogP contribution in [0.3, 0.4) is 0 Å². The van der Waals surface area contributed by atoms with Gasteiger partial charge in [-0.15, -0.1) is 0 Å². The van der Waals surface area contributed by atoms with Crippen LogP contribution in [0, 0.1) is 0 Å². The van der Waals surface area contributed by atoms with Crippen LogP contribution in [0.1, 0.15) is 38.2 Å². The van der Waals surface area contributed by atoms with E-state index >= 15 is 0 Å². The van der Waals surface area contributed by atoms with Crippen molar-refractivity contribution in [1.82, 2.24) is 10.2 Å². The summed E-state index contributed by atoms with van der Waals surface area (Å²) in [5.74, 6) is -1.56. The molecule has 1 aromatic rings. The fraction of sp³-hybridized carbons (Fsp3) is 0.368. The highest BCUT2D eigenvalue weighted by molar-refractivity contribution is 9.11. The molecule has 2 rings (SSSR count). The van der Waals surface area contributed by atoms with Crippen LogP contribution in [0.5, 0.6) is 5.75 Å². The Bertz CT molecular complexity index is 907. The van der Waals surface area contributed by atoms with E-state index in [1.165, 1.54) is 23.6 Å². The molecule has 1 aliphatic rings. The molecule has 162 valence electrons. The molecular formula is C19H20Br2N2O5S2. The smallest absolute Gasteiger partial charge is 0.325 e. The number of nitrogens with zero attached hydrogens (tertiary/aromatic N) is 1. The summed E-state index contributed by atoms with van der Waals surface area (Å²) < 4.78 is 1.73. The van der Waals surface area contributed by atoms with Gasteiger partial charge < -0.3 is 15.5 Å². The fourth-order valence-electron chi connectivity index (χ4n) is 2.64. The molecule has 1 atom stereocenters. The molecule has 0 spiro atoms. The number of halogens is 2. The Morgan fingerprint density at radius 3 is 2.67 bits per heavy atom. The lowest BCUT2D eigenvalue weighted by atomic mass is 10.1. The van der Waals surface area contributed by atoms with Gasteiger partial charge in [0.25, 0.3) is 5.91 Å². The lowest BCUT2D eigenvalue weighted by Gasteiger charge is -2.14. The molecule has 1 aliphatic heterocycles. The Morgan fingerprint density at radius 1 is 1.30 bits per heavy atom. The van der Waals surface area contributed by atoms with E-state index < -0.39 is 12.0 Å². The van der Waals surface area contributed by atoms with Crippen LogP contribution in [0.4, 0.5) is 0 Å². The summed E-state index contributed by atoms with van der Waals surface area (Å²) in [5.41, 5.74) is 0.498. The molecule has 1 heterocycles. The van der Waals surface area contributed by atoms with Crippen LogP contribution in [0.2, 0.25) is 0 Å². The summed E-state index contributed by atoms with van der Waals surface area (Å²) in [6, 6.07) is 2.51. The number of unbranched alkanes of at least 4 members (excludes halogenated alkanes) is 2. The number of thiocarbonyl (C=S) groups is 1. The number of thioether (sulfide) groups is 1. The average Bonchev–Trinajstić information content (AvgIpc) is 2.92. The number of amides is 2. The predicted molar refractivity (Wildman–Crippen MR) is 127 cm³/mol. The number of benzene rings is 1. The molecule has 11 heteroatoms. The second-order valence-corrected chi connectivity index (χ2v) is 10.0. The van der Waals surface area contributed by atoms with Gasteiger partial charge in [0.1, 0.15) is 16.1 Å². The van der Waals surface area contributed by atoms with Crippen molar-refractivity contribution in [3.8, 4) is 5.75 Å². The number of carbonyl (C=O) groups excluding carboxylic acids is 2. The van der Waals surface area contributed by atoms with Crippen molar-refractivity contribution in [3.63, 3.8) is 0 Å². The Morgan fingerprint density at radius 2 is 2.00 bits per heavy atom. The highest BCUT2D eigenvalue weighted by atomic mass is 79.9. The predicted octanol–water partition coefficient (Wildman–Crippen LogP) is 4.27. The zero-order valence-electron chi connectivity index (χ0n) is 16.0. The third-order valence-electron chi connectivity index (χ3n) is 4.25. The number of nitrogens with one attached hydrogen (secondary N) is 1. The summed E-state index contributed by atoms with van der Waals surface area (Å²) in [6.45, 7) is 1.85. The van der Waals surface area contributed by atoms with E-state index in [4.69, 9.17) is 17.3 Å². The van der Waals surface area contributed by atoms with Gasteiger partial charge in [0.2, 0.25) is 5.91 Å². The molecule has 0 radical (unpaired) electrons. The highest BCUT2D eigenvalue weighted by Crippen LogP contribution is 2.37. The van der Waals surface area contributed by atoms with Crippen molar-refractivity contribution in [2.24, 2.45) is 0 Å². The fourth-order valence-corrected chi connectivity index (χ4v) is 5.20. The van der Waals surface area contributed by atoms with E-state index in [1.807, 2.05) is 0 Å². The van der Waals surface area contributed by atoms with Crippen LogP contribution in [0.15, 0.2) is 26.0 Å². The van der Waals surface area contributed by atoms with E-state index in [1.54, 1.807) is 18.2 Å². The van der Waals surface area contributed by atoms with E-state index in [0.29, 0.717) is 45.1 Å². The first-order chi connectivity index (χ1) is 14.1. The molecule has 1 fully saturated rings. The molecule has 0 aliphatic carbocycles. The average molecular weight is 580 g/mol. The number of aliphatic carboxylic acids is 1. The lowest BCUT2D eigenvalue weighted by molar-refractivity contribution is -0.141. The molecule has 1 unspecified atom stereocenters. The molecule has 30 heavy (non-hydrogen) atoms. The Balaban J connectivity index is 1.86. The maximum atomic E-state index is 12.7. The molecule has 0 aromatic heterocycles. The van der Waals surface area contributed by atoms with Crippen molar-refractivity contribution >= 4 is 84.0 Å². The van der Waals surface area contributed by atoms with Crippen molar-refractivity contribution in [3.05, 3.63) is 31.5 Å². The molecule has 1 aromatic carbocycles. The zero-order chi connectivity index (χ0) is 22.4. The summed E-state index contributed by atoms with van der Waals surface area (Å²) in [7, 11) is 0. The number of aromatic hydroxyl groups is 1. The van der Waals surface area contributed by atoms with Gasteiger partial charge in [-0.3, -0.25) is 19.3 Å². The summed E-state index contributed by atoms with van der Waals surface area (Å²) in [6.07, 6.45) is 3.79. The SMILES string of the molecule is CC(NC(=O)CCCCCN1C(=O)/C(=C/c2cc(Br)cc(Br)c2O)SC1=S)C(=O)O. The number of phenolic OH excluding ortho intramolecular Hbond substituents is 1. The number of hydrogen-bond donors (Lipinski definition) is 3. The first-order valence-corrected chi connectivity index (χ1v) is 11.9. The molecule has 0 bridgehead atoms. The summed E-state index contributed by atoms with van der Waals surface area (Å²) >= 11 is 13.1. The maximum absolute atomic E-state index is 12.7. The highest BCUT2D eigenvalue weighted by Gasteiger charge is 2.31. The molecule has 1 saturated heterocycles. The van der Waals surface area contributed by atoms with Gasteiger partial charge in [-0.25, -0.2) is 0 Å². The summed E-state index contributed by atoms with van der Waals surface area (Å²) in [4.78, 5) is 37.0. The largest absolute Gasteiger partial charge is 0.506 e. The monoisotopic (exact) mass is 578 g/mol. The second kappa shape index (κ2) is 11.3. The number of rotatable bonds is 9. The zero-order valence-corrected chi connectivity index (χ0v) is 20.8. The maximum Gasteiger partial charge on any atom is 0.325 e. The number of carbonyl (C=O) groups is 3. The minimum absolute atomic E-state index is 0.0407. The van der Waals surface area contributed by atoms with E-state index in [9.17, 15) is 19.5 Å². The van der Waals surface area contributed by atoms with Crippen molar-refractivity contribution in [2.45, 2.75) is 38.6 Å². The van der Waals surface area contributed by atoms with Crippen molar-refractivity contribution in [1.29, 1.82) is 0 Å². The van der Waals surface area contributed by atoms with E-state index in [0.717, 1.165) is 4.47 Å². The van der Waals surface area contributed by atoms with Crippen LogP contribution in [-0.2, 0) is 14.4 Å². The first-order valence-electron chi connectivity index (χ1n) is 9.05. The topological polar surface area (TPSA) is 107 Å². The van der Waals surface area contributed by atoms with E-state index in [-0.39, 0.29) is 24.0 Å². The van der Waals surface area contributed by atoms with Gasteiger partial charge in [-0.05, 0) is 53.9 Å². The van der Waals surface area contributed by atoms with Crippen molar-refractivity contribution < 1.29 is 24.6 Å². The summed E-state index contributed by atoms with van der Waals surface area (Å²) in [5, 5.41) is 21.4. The number of carboxylic acid groups (broad SMARTS) is 1. The first kappa shape index (κ1) is 24.8. The van der Waals surface area contributed by atoms with Gasteiger partial charge >= 0.3 is 5.97 Å². The van der Waals surface area contributed by atoms with Gasteiger partial charge in [-0.2, -0.15) is 0 Å². The Kier molecular flexibility index (Phi) is 9.32. The molecule has 0 saturated carbocycles. The lowest BCUT2D eigenvalue weighted by Crippen LogP contribution is -2.38. The molecular weight excluding hydrogens is 560 g/mol. The van der Waals surface area contributed by atoms with Gasteiger partial charge in [-0.1, -0.05) is 46.3 Å². The van der Waals surface area contributed by atoms with Gasteiger partial charge in [0.15, 0.2) is 0 Å². The molecule has 2 amide bonds. The minimum atomic E-state index is -1.07. The second-order valence-electron chi connectivity index (χ2n) is 6.60. The molecule has 3 N–H and O–H groups in total. The van der Waals surface area contributed by atoms with E-state index in [2.05, 4.69) is 37.2 Å². The number of hydrogen-bond acceptors (Lipinski definition) is 6. The number of phenols is 1. The van der Waals surface area contributed by atoms with Crippen LogP contribution in [-0.4, -0.2) is 49.8 Å². The quantitative estimate of drug-likeness (QED) is 0.228. The normalized spacial score (nSPS) is 16.2. The third-order valence-corrected chi connectivity index (χ3v) is 6.69. The van der Waals surface area contributed by atoms with Crippen molar-refractivity contribution in [2.75, 3.05) is 6.54 Å². The third kappa shape index (κ3) is 6.79.